The van der Waals surface area contributed by atoms with Gasteiger partial charge in [-0.2, -0.15) is 0 Å². The molecule has 0 unspecified atom stereocenters. The van der Waals surface area contributed by atoms with Crippen molar-refractivity contribution in [3.05, 3.63) is 68.7 Å². The average molecular weight is 394 g/mol. The molecule has 0 radical (unpaired) electrons. The van der Waals surface area contributed by atoms with E-state index in [0.717, 1.165) is 4.47 Å². The van der Waals surface area contributed by atoms with E-state index in [1.54, 1.807) is 50.2 Å². The van der Waals surface area contributed by atoms with Crippen molar-refractivity contribution >= 4 is 27.6 Å². The van der Waals surface area contributed by atoms with Gasteiger partial charge in [0.25, 0.3) is 5.69 Å². The van der Waals surface area contributed by atoms with Gasteiger partial charge in [0, 0.05) is 16.6 Å². The van der Waals surface area contributed by atoms with Crippen LogP contribution in [0.15, 0.2) is 53.0 Å². The molecule has 0 saturated carbocycles. The first-order valence-electron chi connectivity index (χ1n) is 7.24. The second-order valence-electron chi connectivity index (χ2n) is 5.15. The van der Waals surface area contributed by atoms with Gasteiger partial charge >= 0.3 is 5.97 Å². The molecule has 0 spiro atoms. The molecule has 7 heteroatoms. The van der Waals surface area contributed by atoms with Crippen molar-refractivity contribution in [2.24, 2.45) is 0 Å². The number of carbonyl (C=O) groups excluding carboxylic acids is 1. The summed E-state index contributed by atoms with van der Waals surface area (Å²) in [5.41, 5.74) is 0.503. The van der Waals surface area contributed by atoms with E-state index in [1.807, 2.05) is 0 Å². The number of nitro benzene ring substituents is 1. The molecule has 24 heavy (non-hydrogen) atoms. The van der Waals surface area contributed by atoms with Crippen molar-refractivity contribution in [1.29, 1.82) is 0 Å². The first-order chi connectivity index (χ1) is 11.4. The van der Waals surface area contributed by atoms with Crippen molar-refractivity contribution in [2.75, 3.05) is 0 Å². The van der Waals surface area contributed by atoms with E-state index in [4.69, 9.17) is 9.47 Å². The summed E-state index contributed by atoms with van der Waals surface area (Å²) in [6, 6.07) is 13.1. The number of hydrogen-bond acceptors (Lipinski definition) is 5. The Morgan fingerprint density at radius 1 is 1.17 bits per heavy atom. The second-order valence-corrected chi connectivity index (χ2v) is 6.06. The molecule has 0 aliphatic heterocycles. The maximum absolute atomic E-state index is 12.1. The van der Waals surface area contributed by atoms with Crippen LogP contribution in [0.1, 0.15) is 25.5 Å². The van der Waals surface area contributed by atoms with Gasteiger partial charge in [-0.05, 0) is 43.7 Å². The highest BCUT2D eigenvalue weighted by molar-refractivity contribution is 9.10. The number of non-ortho nitro benzene ring substituents is 1. The predicted octanol–water partition coefficient (Wildman–Crippen LogP) is 4.43. The van der Waals surface area contributed by atoms with Gasteiger partial charge in [0.2, 0.25) is 0 Å². The summed E-state index contributed by atoms with van der Waals surface area (Å²) >= 11 is 3.32. The number of benzene rings is 2. The van der Waals surface area contributed by atoms with Gasteiger partial charge in [0.15, 0.2) is 6.10 Å². The number of hydrogen-bond donors (Lipinski definition) is 0. The van der Waals surface area contributed by atoms with Gasteiger partial charge in [-0.3, -0.25) is 10.1 Å². The summed E-state index contributed by atoms with van der Waals surface area (Å²) in [5.74, 6) is 0.00239. The first-order valence-corrected chi connectivity index (χ1v) is 8.03. The largest absolute Gasteiger partial charge is 0.479 e. The molecule has 0 bridgehead atoms. The van der Waals surface area contributed by atoms with Crippen molar-refractivity contribution in [1.82, 2.24) is 0 Å². The molecule has 2 atom stereocenters. The Morgan fingerprint density at radius 3 is 2.46 bits per heavy atom. The standard InChI is InChI=1S/C17H16BrNO5/c1-11(13-4-3-5-15(10-13)19(21)22)24-17(20)12(2)23-16-8-6-14(18)7-9-16/h3-12H,1-2H3/t11-,12-/m0/s1. The predicted molar refractivity (Wildman–Crippen MR) is 91.8 cm³/mol. The molecule has 0 amide bonds. The molecule has 0 N–H and O–H groups in total. The minimum Gasteiger partial charge on any atom is -0.479 e. The van der Waals surface area contributed by atoms with Crippen molar-refractivity contribution in [2.45, 2.75) is 26.1 Å². The zero-order valence-corrected chi connectivity index (χ0v) is 14.7. The van der Waals surface area contributed by atoms with Gasteiger partial charge in [0.1, 0.15) is 11.9 Å². The third kappa shape index (κ3) is 4.79. The number of nitrogens with zero attached hydrogens (tertiary/aromatic N) is 1. The van der Waals surface area contributed by atoms with Crippen LogP contribution in [0, 0.1) is 10.1 Å². The van der Waals surface area contributed by atoms with Gasteiger partial charge in [-0.25, -0.2) is 4.79 Å². The fourth-order valence-electron chi connectivity index (χ4n) is 1.99. The lowest BCUT2D eigenvalue weighted by Crippen LogP contribution is -2.27. The van der Waals surface area contributed by atoms with E-state index in [2.05, 4.69) is 15.9 Å². The number of rotatable bonds is 6. The number of carbonyl (C=O) groups is 1. The third-order valence-corrected chi connectivity index (χ3v) is 3.83. The van der Waals surface area contributed by atoms with Crippen LogP contribution in [0.2, 0.25) is 0 Å². The third-order valence-electron chi connectivity index (χ3n) is 3.30. The molecule has 2 aromatic rings. The molecule has 2 aromatic carbocycles. The van der Waals surface area contributed by atoms with Crippen LogP contribution in [-0.4, -0.2) is 17.0 Å². The highest BCUT2D eigenvalue weighted by atomic mass is 79.9. The first kappa shape index (κ1) is 17.9. The van der Waals surface area contributed by atoms with Crippen LogP contribution in [0.25, 0.3) is 0 Å². The lowest BCUT2D eigenvalue weighted by atomic mass is 10.1. The highest BCUT2D eigenvalue weighted by Gasteiger charge is 2.21. The van der Waals surface area contributed by atoms with Crippen LogP contribution in [0.4, 0.5) is 5.69 Å². The summed E-state index contributed by atoms with van der Waals surface area (Å²) in [7, 11) is 0. The average Bonchev–Trinajstić information content (AvgIpc) is 2.56. The van der Waals surface area contributed by atoms with Crippen LogP contribution in [-0.2, 0) is 9.53 Å². The fraction of sp³-hybridized carbons (Fsp3) is 0.235. The maximum atomic E-state index is 12.1. The zero-order chi connectivity index (χ0) is 17.7. The minimum atomic E-state index is -0.799. The lowest BCUT2D eigenvalue weighted by Gasteiger charge is -2.18. The minimum absolute atomic E-state index is 0.0467. The lowest BCUT2D eigenvalue weighted by molar-refractivity contribution is -0.385. The van der Waals surface area contributed by atoms with Crippen molar-refractivity contribution in [3.8, 4) is 5.75 Å². The summed E-state index contributed by atoms with van der Waals surface area (Å²) in [5, 5.41) is 10.8. The summed E-state index contributed by atoms with van der Waals surface area (Å²) in [4.78, 5) is 22.4. The normalized spacial score (nSPS) is 13.0. The smallest absolute Gasteiger partial charge is 0.347 e. The Morgan fingerprint density at radius 2 is 1.83 bits per heavy atom. The van der Waals surface area contributed by atoms with Crippen molar-refractivity contribution in [3.63, 3.8) is 0 Å². The summed E-state index contributed by atoms with van der Waals surface area (Å²) in [6.45, 7) is 3.24. The molecule has 0 saturated heterocycles. The van der Waals surface area contributed by atoms with E-state index < -0.39 is 23.1 Å². The molecule has 0 aliphatic rings. The molecular weight excluding hydrogens is 378 g/mol. The highest BCUT2D eigenvalue weighted by Crippen LogP contribution is 2.23. The van der Waals surface area contributed by atoms with Crippen molar-refractivity contribution < 1.29 is 19.2 Å². The van der Waals surface area contributed by atoms with E-state index >= 15 is 0 Å². The molecule has 6 nitrogen and oxygen atoms in total. The molecule has 0 fully saturated rings. The molecule has 126 valence electrons. The van der Waals surface area contributed by atoms with E-state index in [-0.39, 0.29) is 5.69 Å². The summed E-state index contributed by atoms with van der Waals surface area (Å²) in [6.07, 6.45) is -1.42. The second kappa shape index (κ2) is 7.92. The van der Waals surface area contributed by atoms with Gasteiger partial charge in [-0.1, -0.05) is 28.1 Å². The Labute approximate surface area is 147 Å². The summed E-state index contributed by atoms with van der Waals surface area (Å²) < 4.78 is 11.8. The van der Waals surface area contributed by atoms with E-state index in [0.29, 0.717) is 11.3 Å². The Hall–Kier alpha value is -2.41. The Bertz CT molecular complexity index is 732. The van der Waals surface area contributed by atoms with Crippen LogP contribution in [0.5, 0.6) is 5.75 Å². The topological polar surface area (TPSA) is 78.7 Å². The monoisotopic (exact) mass is 393 g/mol. The number of nitro groups is 1. The number of ether oxygens (including phenoxy) is 2. The van der Waals surface area contributed by atoms with Gasteiger partial charge < -0.3 is 9.47 Å². The molecule has 0 aromatic heterocycles. The van der Waals surface area contributed by atoms with Crippen LogP contribution < -0.4 is 4.74 Å². The SMILES string of the molecule is C[C@H](Oc1ccc(Br)cc1)C(=O)O[C@@H](C)c1cccc([N+](=O)[O-])c1. The van der Waals surface area contributed by atoms with Gasteiger partial charge in [-0.15, -0.1) is 0 Å². The Kier molecular flexibility index (Phi) is 5.92. The number of esters is 1. The van der Waals surface area contributed by atoms with E-state index in [9.17, 15) is 14.9 Å². The molecule has 0 aliphatic carbocycles. The quantitative estimate of drug-likeness (QED) is 0.412. The maximum Gasteiger partial charge on any atom is 0.347 e. The molecule has 0 heterocycles. The van der Waals surface area contributed by atoms with Crippen LogP contribution in [0.3, 0.4) is 0 Å². The Balaban J connectivity index is 1.98. The number of halogens is 1. The van der Waals surface area contributed by atoms with Gasteiger partial charge in [0.05, 0.1) is 4.92 Å². The molecule has 2 rings (SSSR count). The van der Waals surface area contributed by atoms with Crippen LogP contribution >= 0.6 is 15.9 Å². The van der Waals surface area contributed by atoms with E-state index in [1.165, 1.54) is 12.1 Å². The molecular formula is C17H16BrNO5. The fourth-order valence-corrected chi connectivity index (χ4v) is 2.26. The zero-order valence-electron chi connectivity index (χ0n) is 13.1.